The third-order valence-corrected chi connectivity index (χ3v) is 8.87. The summed E-state index contributed by atoms with van der Waals surface area (Å²) in [6.07, 6.45) is -6.43. The van der Waals surface area contributed by atoms with Crippen molar-refractivity contribution in [2.24, 2.45) is 4.99 Å². The van der Waals surface area contributed by atoms with Crippen molar-refractivity contribution in [2.75, 3.05) is 14.2 Å². The van der Waals surface area contributed by atoms with E-state index in [0.29, 0.717) is 39.3 Å². The average Bonchev–Trinajstić information content (AvgIpc) is 3.16. The van der Waals surface area contributed by atoms with Crippen molar-refractivity contribution >= 4 is 6.02 Å². The van der Waals surface area contributed by atoms with Crippen LogP contribution in [-0.2, 0) is 15.8 Å². The maximum Gasteiger partial charge on any atom is 0.425 e. The molecule has 1 aliphatic rings. The molecular weight excluding hydrogens is 672 g/mol. The van der Waals surface area contributed by atoms with Gasteiger partial charge in [0.05, 0.1) is 19.8 Å². The number of ether oxygens (including phenoxy) is 3. The van der Waals surface area contributed by atoms with Crippen LogP contribution in [0.5, 0.6) is 11.5 Å². The molecule has 0 saturated heterocycles. The van der Waals surface area contributed by atoms with Crippen LogP contribution in [0.25, 0.3) is 0 Å². The van der Waals surface area contributed by atoms with Gasteiger partial charge < -0.3 is 19.5 Å². The zero-order valence-corrected chi connectivity index (χ0v) is 28.3. The minimum atomic E-state index is -4.82. The molecular formula is C41H32F4N4O3. The molecule has 11 heteroatoms. The van der Waals surface area contributed by atoms with Crippen molar-refractivity contribution in [3.05, 3.63) is 160 Å². The van der Waals surface area contributed by atoms with E-state index in [0.717, 1.165) is 6.07 Å². The number of pyridine rings is 1. The zero-order chi connectivity index (χ0) is 36.9. The monoisotopic (exact) mass is 704 g/mol. The van der Waals surface area contributed by atoms with E-state index >= 15 is 4.39 Å². The number of benzene rings is 4. The van der Waals surface area contributed by atoms with Crippen molar-refractivity contribution in [2.45, 2.75) is 36.7 Å². The van der Waals surface area contributed by atoms with Crippen LogP contribution in [0.2, 0.25) is 0 Å². The maximum absolute atomic E-state index is 15.7. The number of amidine groups is 1. The number of halogens is 4. The second kappa shape index (κ2) is 14.5. The van der Waals surface area contributed by atoms with E-state index in [2.05, 4.69) is 22.1 Å². The number of hydrogen-bond donors (Lipinski definition) is 1. The number of methoxy groups -OCH3 is 2. The number of alkyl halides is 3. The van der Waals surface area contributed by atoms with E-state index in [1.165, 1.54) is 45.5 Å². The number of aromatic nitrogens is 1. The molecule has 262 valence electrons. The first kappa shape index (κ1) is 35.5. The fourth-order valence-electron chi connectivity index (χ4n) is 6.18. The number of rotatable bonds is 7. The third-order valence-electron chi connectivity index (χ3n) is 8.87. The van der Waals surface area contributed by atoms with Gasteiger partial charge in [-0.05, 0) is 78.2 Å². The molecule has 0 spiro atoms. The molecule has 7 nitrogen and oxygen atoms in total. The van der Waals surface area contributed by atoms with Gasteiger partial charge in [-0.15, -0.1) is 0 Å². The lowest BCUT2D eigenvalue weighted by Crippen LogP contribution is -2.54. The first-order valence-electron chi connectivity index (χ1n) is 16.1. The van der Waals surface area contributed by atoms with Crippen molar-refractivity contribution in [1.29, 1.82) is 5.26 Å². The molecule has 2 heterocycles. The lowest BCUT2D eigenvalue weighted by molar-refractivity contribution is -0.209. The summed E-state index contributed by atoms with van der Waals surface area (Å²) in [7, 11) is 3.07. The highest BCUT2D eigenvalue weighted by Crippen LogP contribution is 2.44. The number of nitrogens with zero attached hydrogens (tertiary/aromatic N) is 3. The maximum atomic E-state index is 15.7. The van der Waals surface area contributed by atoms with Crippen LogP contribution < -0.4 is 14.8 Å². The van der Waals surface area contributed by atoms with Crippen LogP contribution in [0, 0.1) is 29.0 Å². The van der Waals surface area contributed by atoms with Gasteiger partial charge in [-0.3, -0.25) is 0 Å². The van der Waals surface area contributed by atoms with Gasteiger partial charge >= 0.3 is 6.18 Å². The molecule has 0 fully saturated rings. The predicted octanol–water partition coefficient (Wildman–Crippen LogP) is 8.01. The Morgan fingerprint density at radius 3 is 1.92 bits per heavy atom. The van der Waals surface area contributed by atoms with Crippen molar-refractivity contribution in [3.8, 4) is 29.4 Å². The van der Waals surface area contributed by atoms with Gasteiger partial charge in [-0.2, -0.15) is 18.4 Å². The van der Waals surface area contributed by atoms with E-state index in [4.69, 9.17) is 24.5 Å². The van der Waals surface area contributed by atoms with E-state index in [1.54, 1.807) is 54.6 Å². The molecule has 0 saturated carbocycles. The minimum absolute atomic E-state index is 0.0895. The van der Waals surface area contributed by atoms with Crippen LogP contribution >= 0.6 is 0 Å². The summed E-state index contributed by atoms with van der Waals surface area (Å²) in [5.41, 5.74) is -0.218. The van der Waals surface area contributed by atoms with Crippen LogP contribution in [0.15, 0.2) is 120 Å². The van der Waals surface area contributed by atoms with E-state index in [1.807, 2.05) is 36.4 Å². The standard InChI is InChI=1S/C41H32F4N4O3/c1-39(35-23-27(12-22-36(35)42)9-10-28-11-17-32(25-46)47-26-28)24-37(41(43,44)45)52-38(48-39)49-40(29-7-5-4-6-8-29,30-13-18-33(50-2)19-14-30)31-15-20-34(51-3)21-16-31/h4-8,11-23,26,37H,24H2,1-3H3,(H,48,49)/t37?,39-/m0/s1. The summed E-state index contributed by atoms with van der Waals surface area (Å²) < 4.78 is 76.3. The summed E-state index contributed by atoms with van der Waals surface area (Å²) in [6.45, 7) is 1.45. The molecule has 0 aliphatic carbocycles. The summed E-state index contributed by atoms with van der Waals surface area (Å²) in [5, 5.41) is 12.3. The van der Waals surface area contributed by atoms with Crippen LogP contribution in [0.3, 0.4) is 0 Å². The average molecular weight is 705 g/mol. The molecule has 4 aromatic carbocycles. The van der Waals surface area contributed by atoms with Gasteiger partial charge in [-0.1, -0.05) is 66.4 Å². The van der Waals surface area contributed by atoms with E-state index in [9.17, 15) is 13.2 Å². The van der Waals surface area contributed by atoms with Crippen LogP contribution in [-0.4, -0.2) is 37.5 Å². The summed E-state index contributed by atoms with van der Waals surface area (Å²) >= 11 is 0. The SMILES string of the molecule is COc1ccc(C(NC2=N[C@](C)(c3cc(C#Cc4ccc(C#N)nc4)ccc3F)CC(C(F)(F)F)O2)(c2ccccc2)c2ccc(OC)cc2)cc1. The largest absolute Gasteiger partial charge is 0.497 e. The lowest BCUT2D eigenvalue weighted by Gasteiger charge is -2.42. The van der Waals surface area contributed by atoms with E-state index < -0.39 is 41.6 Å². The van der Waals surface area contributed by atoms with Gasteiger partial charge in [0, 0.05) is 29.3 Å². The highest BCUT2D eigenvalue weighted by molar-refractivity contribution is 5.79. The van der Waals surface area contributed by atoms with Crippen LogP contribution in [0.4, 0.5) is 17.6 Å². The Bertz CT molecular complexity index is 2120. The summed E-state index contributed by atoms with van der Waals surface area (Å²) in [6, 6.07) is 32.0. The van der Waals surface area contributed by atoms with Crippen molar-refractivity contribution < 1.29 is 31.8 Å². The Hall–Kier alpha value is -6.33. The Balaban J connectivity index is 1.52. The molecule has 6 rings (SSSR count). The molecule has 1 aliphatic heterocycles. The molecule has 1 aromatic heterocycles. The van der Waals surface area contributed by atoms with Gasteiger partial charge in [0.2, 0.25) is 0 Å². The molecule has 2 atom stereocenters. The molecule has 0 bridgehead atoms. The molecule has 0 radical (unpaired) electrons. The van der Waals surface area contributed by atoms with Crippen molar-refractivity contribution in [3.63, 3.8) is 0 Å². The Labute approximate surface area is 298 Å². The topological polar surface area (TPSA) is 88.8 Å². The summed E-state index contributed by atoms with van der Waals surface area (Å²) in [4.78, 5) is 8.72. The first-order valence-corrected chi connectivity index (χ1v) is 16.1. The normalized spacial score (nSPS) is 17.0. The van der Waals surface area contributed by atoms with Gasteiger partial charge in [0.15, 0.2) is 6.10 Å². The number of aliphatic imine (C=N–C) groups is 1. The Morgan fingerprint density at radius 1 is 0.808 bits per heavy atom. The quantitative estimate of drug-likeness (QED) is 0.105. The Kier molecular flexibility index (Phi) is 9.89. The fraction of sp³-hybridized carbons (Fsp3) is 0.195. The predicted molar refractivity (Wildman–Crippen MR) is 187 cm³/mol. The zero-order valence-electron chi connectivity index (χ0n) is 28.3. The first-order chi connectivity index (χ1) is 25.0. The second-order valence-corrected chi connectivity index (χ2v) is 12.2. The number of nitrogens with one attached hydrogen (secondary N) is 1. The highest BCUT2D eigenvalue weighted by atomic mass is 19.4. The highest BCUT2D eigenvalue weighted by Gasteiger charge is 2.51. The van der Waals surface area contributed by atoms with Gasteiger partial charge in [0.25, 0.3) is 6.02 Å². The fourth-order valence-corrected chi connectivity index (χ4v) is 6.18. The lowest BCUT2D eigenvalue weighted by atomic mass is 9.77. The number of nitriles is 1. The molecule has 1 unspecified atom stereocenters. The summed E-state index contributed by atoms with van der Waals surface area (Å²) in [5.74, 6) is 6.22. The smallest absolute Gasteiger partial charge is 0.425 e. The van der Waals surface area contributed by atoms with Gasteiger partial charge in [-0.25, -0.2) is 14.4 Å². The molecule has 52 heavy (non-hydrogen) atoms. The molecule has 1 N–H and O–H groups in total. The minimum Gasteiger partial charge on any atom is -0.497 e. The molecule has 0 amide bonds. The second-order valence-electron chi connectivity index (χ2n) is 12.2. The third kappa shape index (κ3) is 7.26. The Morgan fingerprint density at radius 2 is 1.38 bits per heavy atom. The van der Waals surface area contributed by atoms with Crippen LogP contribution in [0.1, 0.15) is 52.4 Å². The molecule has 5 aromatic rings. The van der Waals surface area contributed by atoms with Crippen molar-refractivity contribution in [1.82, 2.24) is 10.3 Å². The van der Waals surface area contributed by atoms with Gasteiger partial charge in [0.1, 0.15) is 34.6 Å². The number of hydrogen-bond acceptors (Lipinski definition) is 7. The van der Waals surface area contributed by atoms with E-state index in [-0.39, 0.29) is 11.3 Å².